The lowest BCUT2D eigenvalue weighted by Crippen LogP contribution is -2.02. The van der Waals surface area contributed by atoms with E-state index in [2.05, 4.69) is 5.18 Å². The summed E-state index contributed by atoms with van der Waals surface area (Å²) in [6.45, 7) is -0.516. The topological polar surface area (TPSA) is 87.0 Å². The van der Waals surface area contributed by atoms with Crippen molar-refractivity contribution in [2.45, 2.75) is 0 Å². The summed E-state index contributed by atoms with van der Waals surface area (Å²) < 4.78 is 0. The summed E-state index contributed by atoms with van der Waals surface area (Å²) >= 11 is 0. The minimum Gasteiger partial charge on any atom is -0.508 e. The molecule has 13 heavy (non-hydrogen) atoms. The SMILES string of the molecule is O=NCC(=O)c1ccc(O)cc1O. The smallest absolute Gasteiger partial charge is 0.191 e. The van der Waals surface area contributed by atoms with Crippen LogP contribution in [-0.4, -0.2) is 22.5 Å². The number of rotatable bonds is 3. The Kier molecular flexibility index (Phi) is 2.59. The van der Waals surface area contributed by atoms with Gasteiger partial charge in [-0.15, -0.1) is 0 Å². The summed E-state index contributed by atoms with van der Waals surface area (Å²) in [6, 6.07) is 3.51. The van der Waals surface area contributed by atoms with Gasteiger partial charge in [0.05, 0.1) is 5.56 Å². The fraction of sp³-hybridized carbons (Fsp3) is 0.125. The summed E-state index contributed by atoms with van der Waals surface area (Å²) in [4.78, 5) is 20.8. The third kappa shape index (κ3) is 2.02. The van der Waals surface area contributed by atoms with Crippen LogP contribution in [0.5, 0.6) is 11.5 Å². The van der Waals surface area contributed by atoms with Crippen LogP contribution in [0.1, 0.15) is 10.4 Å². The second-order valence-corrected chi connectivity index (χ2v) is 2.41. The lowest BCUT2D eigenvalue weighted by molar-refractivity contribution is 0.0999. The lowest BCUT2D eigenvalue weighted by atomic mass is 10.1. The van der Waals surface area contributed by atoms with Gasteiger partial charge in [0.15, 0.2) is 5.78 Å². The molecule has 5 heteroatoms. The highest BCUT2D eigenvalue weighted by Crippen LogP contribution is 2.22. The van der Waals surface area contributed by atoms with Gasteiger partial charge in [-0.1, -0.05) is 5.18 Å². The Morgan fingerprint density at radius 1 is 1.38 bits per heavy atom. The van der Waals surface area contributed by atoms with Crippen LogP contribution in [0.4, 0.5) is 0 Å². The number of hydrogen-bond donors (Lipinski definition) is 2. The minimum atomic E-state index is -0.576. The van der Waals surface area contributed by atoms with Crippen molar-refractivity contribution < 1.29 is 15.0 Å². The maximum atomic E-state index is 11.0. The molecule has 0 unspecified atom stereocenters. The van der Waals surface area contributed by atoms with Gasteiger partial charge in [-0.05, 0) is 12.1 Å². The van der Waals surface area contributed by atoms with E-state index >= 15 is 0 Å². The molecule has 0 spiro atoms. The van der Waals surface area contributed by atoms with E-state index in [-0.39, 0.29) is 17.1 Å². The molecule has 1 aromatic rings. The van der Waals surface area contributed by atoms with Gasteiger partial charge in [0.1, 0.15) is 18.0 Å². The van der Waals surface area contributed by atoms with Crippen LogP contribution in [0.25, 0.3) is 0 Å². The van der Waals surface area contributed by atoms with Crippen LogP contribution < -0.4 is 0 Å². The summed E-state index contributed by atoms with van der Waals surface area (Å²) in [6.07, 6.45) is 0. The normalized spacial score (nSPS) is 9.54. The molecule has 68 valence electrons. The first-order valence-electron chi connectivity index (χ1n) is 3.49. The van der Waals surface area contributed by atoms with E-state index in [1.807, 2.05) is 0 Å². The molecular formula is C8H7NO4. The molecule has 0 atom stereocenters. The molecule has 0 aliphatic carbocycles. The van der Waals surface area contributed by atoms with Crippen molar-refractivity contribution in [3.05, 3.63) is 28.7 Å². The van der Waals surface area contributed by atoms with E-state index in [9.17, 15) is 9.70 Å². The predicted octanol–water partition coefficient (Wildman–Crippen LogP) is 1.05. The van der Waals surface area contributed by atoms with Gasteiger partial charge in [0.25, 0.3) is 0 Å². The summed E-state index contributed by atoms with van der Waals surface area (Å²) in [5.74, 6) is -1.07. The molecule has 0 saturated carbocycles. The van der Waals surface area contributed by atoms with Gasteiger partial charge in [-0.3, -0.25) is 4.79 Å². The van der Waals surface area contributed by atoms with E-state index < -0.39 is 12.3 Å². The molecule has 0 saturated heterocycles. The molecule has 1 aromatic carbocycles. The third-order valence-electron chi connectivity index (χ3n) is 1.49. The average Bonchev–Trinajstić information content (AvgIpc) is 2.04. The van der Waals surface area contributed by atoms with Crippen molar-refractivity contribution in [3.8, 4) is 11.5 Å². The van der Waals surface area contributed by atoms with Gasteiger partial charge in [0, 0.05) is 6.07 Å². The molecular weight excluding hydrogens is 174 g/mol. The largest absolute Gasteiger partial charge is 0.508 e. The quantitative estimate of drug-likeness (QED) is 0.538. The van der Waals surface area contributed by atoms with Crippen molar-refractivity contribution in [2.24, 2.45) is 5.18 Å². The van der Waals surface area contributed by atoms with E-state index in [4.69, 9.17) is 10.2 Å². The van der Waals surface area contributed by atoms with Crippen LogP contribution in [0.15, 0.2) is 23.4 Å². The second-order valence-electron chi connectivity index (χ2n) is 2.41. The van der Waals surface area contributed by atoms with Gasteiger partial charge < -0.3 is 10.2 Å². The average molecular weight is 181 g/mol. The summed E-state index contributed by atoms with van der Waals surface area (Å²) in [5, 5.41) is 20.5. The first-order valence-corrected chi connectivity index (χ1v) is 3.49. The fourth-order valence-electron chi connectivity index (χ4n) is 0.900. The first-order chi connectivity index (χ1) is 6.15. The number of Topliss-reactive ketones (excluding diaryl/α,β-unsaturated/α-hetero) is 1. The Bertz CT molecular complexity index is 348. The first kappa shape index (κ1) is 9.18. The highest BCUT2D eigenvalue weighted by molar-refractivity contribution is 6.00. The number of aromatic hydroxyl groups is 2. The molecule has 0 bridgehead atoms. The van der Waals surface area contributed by atoms with Crippen molar-refractivity contribution in [3.63, 3.8) is 0 Å². The van der Waals surface area contributed by atoms with E-state index in [0.717, 1.165) is 6.07 Å². The van der Waals surface area contributed by atoms with Crippen molar-refractivity contribution in [2.75, 3.05) is 6.54 Å². The molecule has 5 nitrogen and oxygen atoms in total. The lowest BCUT2D eigenvalue weighted by Gasteiger charge is -2.00. The number of carbonyl (C=O) groups is 1. The Hall–Kier alpha value is -1.91. The number of nitroso groups, excluding NO2 is 1. The van der Waals surface area contributed by atoms with Gasteiger partial charge >= 0.3 is 0 Å². The molecule has 0 fully saturated rings. The summed E-state index contributed by atoms with van der Waals surface area (Å²) in [7, 11) is 0. The Balaban J connectivity index is 3.01. The van der Waals surface area contributed by atoms with E-state index in [0.29, 0.717) is 0 Å². The van der Waals surface area contributed by atoms with Crippen molar-refractivity contribution in [1.82, 2.24) is 0 Å². The zero-order valence-corrected chi connectivity index (χ0v) is 6.60. The number of phenols is 2. The number of phenolic OH excluding ortho intramolecular Hbond substituents is 2. The Labute approximate surface area is 73.6 Å². The van der Waals surface area contributed by atoms with Crippen LogP contribution in [-0.2, 0) is 0 Å². The number of ketones is 1. The van der Waals surface area contributed by atoms with Gasteiger partial charge in [-0.25, -0.2) is 0 Å². The van der Waals surface area contributed by atoms with Crippen LogP contribution >= 0.6 is 0 Å². The van der Waals surface area contributed by atoms with Crippen molar-refractivity contribution in [1.29, 1.82) is 0 Å². The zero-order chi connectivity index (χ0) is 9.84. The van der Waals surface area contributed by atoms with Crippen LogP contribution in [0.3, 0.4) is 0 Å². The van der Waals surface area contributed by atoms with Gasteiger partial charge in [0.2, 0.25) is 0 Å². The van der Waals surface area contributed by atoms with Gasteiger partial charge in [-0.2, -0.15) is 4.91 Å². The molecule has 0 heterocycles. The minimum absolute atomic E-state index is 0.0163. The second kappa shape index (κ2) is 3.66. The predicted molar refractivity (Wildman–Crippen MR) is 44.8 cm³/mol. The highest BCUT2D eigenvalue weighted by atomic mass is 16.3. The van der Waals surface area contributed by atoms with Crippen molar-refractivity contribution >= 4 is 5.78 Å². The number of nitrogens with zero attached hydrogens (tertiary/aromatic N) is 1. The maximum Gasteiger partial charge on any atom is 0.191 e. The molecule has 0 aliphatic heterocycles. The molecule has 1 rings (SSSR count). The number of hydrogen-bond acceptors (Lipinski definition) is 5. The molecule has 0 amide bonds. The van der Waals surface area contributed by atoms with E-state index in [1.165, 1.54) is 12.1 Å². The fourth-order valence-corrected chi connectivity index (χ4v) is 0.900. The molecule has 0 radical (unpaired) electrons. The number of benzene rings is 1. The zero-order valence-electron chi connectivity index (χ0n) is 6.60. The molecule has 2 N–H and O–H groups in total. The van der Waals surface area contributed by atoms with Crippen LogP contribution in [0, 0.1) is 4.91 Å². The third-order valence-corrected chi connectivity index (χ3v) is 1.49. The molecule has 0 aromatic heterocycles. The Morgan fingerprint density at radius 2 is 2.08 bits per heavy atom. The Morgan fingerprint density at radius 3 is 2.62 bits per heavy atom. The van der Waals surface area contributed by atoms with Crippen LogP contribution in [0.2, 0.25) is 0 Å². The highest BCUT2D eigenvalue weighted by Gasteiger charge is 2.11. The summed E-state index contributed by atoms with van der Waals surface area (Å²) in [5.41, 5.74) is -0.0163. The molecule has 0 aliphatic rings. The van der Waals surface area contributed by atoms with E-state index in [1.54, 1.807) is 0 Å². The number of carbonyl (C=O) groups excluding carboxylic acids is 1. The standard InChI is InChI=1S/C8H7NO4/c10-5-1-2-6(7(11)3-5)8(12)4-9-13/h1-3,10-11H,4H2. The monoisotopic (exact) mass is 181 g/mol. The maximum absolute atomic E-state index is 11.0.